The van der Waals surface area contributed by atoms with Gasteiger partial charge >= 0.3 is 0 Å². The number of rotatable bonds is 8. The van der Waals surface area contributed by atoms with E-state index in [1.807, 2.05) is 12.1 Å². The van der Waals surface area contributed by atoms with Crippen molar-refractivity contribution in [2.75, 3.05) is 33.9 Å². The summed E-state index contributed by atoms with van der Waals surface area (Å²) in [5, 5.41) is 0. The number of nitrogens with one attached hydrogen (secondary N) is 1. The zero-order chi connectivity index (χ0) is 21.0. The predicted octanol–water partition coefficient (Wildman–Crippen LogP) is 3.30. The summed E-state index contributed by atoms with van der Waals surface area (Å²) in [5.41, 5.74) is 2.77. The maximum atomic E-state index is 13.4. The van der Waals surface area contributed by atoms with E-state index in [1.165, 1.54) is 29.3 Å². The predicted molar refractivity (Wildman–Crippen MR) is 117 cm³/mol. The van der Waals surface area contributed by atoms with Crippen LogP contribution in [-0.2, 0) is 23.0 Å². The molecular weight excluding hydrogens is 431 g/mol. The highest BCUT2D eigenvalue weighted by molar-refractivity contribution is 7.89. The summed E-state index contributed by atoms with van der Waals surface area (Å²) in [5.74, 6) is 1.05. The lowest BCUT2D eigenvalue weighted by Gasteiger charge is -2.29. The van der Waals surface area contributed by atoms with Gasteiger partial charge in [-0.1, -0.05) is 0 Å². The van der Waals surface area contributed by atoms with Crippen molar-refractivity contribution in [3.8, 4) is 11.5 Å². The number of fused-ring (bicyclic) bond motifs is 1. The van der Waals surface area contributed by atoms with Crippen LogP contribution in [0.4, 0.5) is 4.39 Å². The second kappa shape index (κ2) is 10.4. The smallest absolute Gasteiger partial charge is 0.240 e. The normalized spacial score (nSPS) is 14.0. The van der Waals surface area contributed by atoms with Crippen LogP contribution in [0.5, 0.6) is 11.5 Å². The van der Waals surface area contributed by atoms with Crippen molar-refractivity contribution in [3.05, 3.63) is 52.8 Å². The Morgan fingerprint density at radius 2 is 1.77 bits per heavy atom. The number of sulfonamides is 1. The van der Waals surface area contributed by atoms with Crippen LogP contribution in [0.3, 0.4) is 0 Å². The Morgan fingerprint density at radius 1 is 1.10 bits per heavy atom. The van der Waals surface area contributed by atoms with Crippen LogP contribution >= 0.6 is 12.4 Å². The molecule has 1 aliphatic heterocycles. The Kier molecular flexibility index (Phi) is 8.49. The Bertz CT molecular complexity index is 985. The lowest BCUT2D eigenvalue weighted by molar-refractivity contribution is 0.250. The summed E-state index contributed by atoms with van der Waals surface area (Å²) in [4.78, 5) is 2.38. The molecule has 0 radical (unpaired) electrons. The molecule has 6 nitrogen and oxygen atoms in total. The fourth-order valence-electron chi connectivity index (χ4n) is 3.51. The average Bonchev–Trinajstić information content (AvgIpc) is 2.71. The zero-order valence-electron chi connectivity index (χ0n) is 17.4. The Morgan fingerprint density at radius 3 is 2.40 bits per heavy atom. The van der Waals surface area contributed by atoms with Gasteiger partial charge in [-0.3, -0.25) is 4.90 Å². The second-order valence-electron chi connectivity index (χ2n) is 7.16. The summed E-state index contributed by atoms with van der Waals surface area (Å²) < 4.78 is 51.5. The zero-order valence-corrected chi connectivity index (χ0v) is 19.0. The number of methoxy groups -OCH3 is 2. The monoisotopic (exact) mass is 458 g/mol. The van der Waals surface area contributed by atoms with Crippen molar-refractivity contribution in [1.29, 1.82) is 0 Å². The average molecular weight is 459 g/mol. The van der Waals surface area contributed by atoms with E-state index >= 15 is 0 Å². The minimum absolute atomic E-state index is 0. The molecule has 0 amide bonds. The van der Waals surface area contributed by atoms with E-state index < -0.39 is 15.8 Å². The molecule has 0 atom stereocenters. The van der Waals surface area contributed by atoms with Gasteiger partial charge in [-0.25, -0.2) is 17.5 Å². The first kappa shape index (κ1) is 24.4. The van der Waals surface area contributed by atoms with E-state index in [9.17, 15) is 12.8 Å². The van der Waals surface area contributed by atoms with Crippen LogP contribution in [-0.4, -0.2) is 47.2 Å². The van der Waals surface area contributed by atoms with E-state index in [1.54, 1.807) is 21.1 Å². The number of nitrogens with zero attached hydrogens (tertiary/aromatic N) is 1. The number of hydrogen-bond donors (Lipinski definition) is 1. The quantitative estimate of drug-likeness (QED) is 0.615. The van der Waals surface area contributed by atoms with E-state index in [4.69, 9.17) is 9.47 Å². The summed E-state index contributed by atoms with van der Waals surface area (Å²) in [7, 11) is -0.376. The fourth-order valence-corrected chi connectivity index (χ4v) is 4.67. The first-order valence-corrected chi connectivity index (χ1v) is 11.0. The van der Waals surface area contributed by atoms with Crippen molar-refractivity contribution in [2.24, 2.45) is 0 Å². The molecule has 0 spiro atoms. The topological polar surface area (TPSA) is 67.9 Å². The first-order chi connectivity index (χ1) is 13.8. The molecule has 9 heteroatoms. The molecular formula is C21H28ClFN2O4S. The molecule has 0 bridgehead atoms. The van der Waals surface area contributed by atoms with Gasteiger partial charge < -0.3 is 9.47 Å². The summed E-state index contributed by atoms with van der Waals surface area (Å²) in [6, 6.07) is 7.86. The van der Waals surface area contributed by atoms with Gasteiger partial charge in [-0.15, -0.1) is 12.4 Å². The molecule has 1 aliphatic rings. The molecule has 0 aromatic heterocycles. The molecule has 3 rings (SSSR count). The fraction of sp³-hybridized carbons (Fsp3) is 0.429. The molecule has 0 fully saturated rings. The number of benzene rings is 2. The number of halogens is 2. The van der Waals surface area contributed by atoms with Gasteiger partial charge in [-0.05, 0) is 73.3 Å². The van der Waals surface area contributed by atoms with E-state index in [0.717, 1.165) is 37.6 Å². The van der Waals surface area contributed by atoms with Crippen molar-refractivity contribution in [3.63, 3.8) is 0 Å². The van der Waals surface area contributed by atoms with Crippen LogP contribution in [0, 0.1) is 12.7 Å². The Labute approximate surface area is 183 Å². The molecule has 166 valence electrons. The van der Waals surface area contributed by atoms with E-state index in [0.29, 0.717) is 18.5 Å². The number of aryl methyl sites for hydroxylation is 1. The van der Waals surface area contributed by atoms with Crippen LogP contribution in [0.25, 0.3) is 0 Å². The van der Waals surface area contributed by atoms with Crippen LogP contribution in [0.15, 0.2) is 35.2 Å². The van der Waals surface area contributed by atoms with E-state index in [-0.39, 0.29) is 17.3 Å². The molecule has 1 N–H and O–H groups in total. The highest BCUT2D eigenvalue weighted by atomic mass is 35.5. The minimum Gasteiger partial charge on any atom is -0.493 e. The molecule has 2 aromatic rings. The summed E-state index contributed by atoms with van der Waals surface area (Å²) >= 11 is 0. The van der Waals surface area contributed by atoms with Gasteiger partial charge in [-0.2, -0.15) is 0 Å². The first-order valence-electron chi connectivity index (χ1n) is 9.56. The van der Waals surface area contributed by atoms with Crippen molar-refractivity contribution in [2.45, 2.75) is 31.2 Å². The maximum absolute atomic E-state index is 13.4. The maximum Gasteiger partial charge on any atom is 0.240 e. The SMILES string of the molecule is COc1cc2c(cc1OC)CN(CCCNS(=O)(=O)c1ccc(F)c(C)c1)CC2.Cl. The molecule has 0 unspecified atom stereocenters. The molecule has 2 aromatic carbocycles. The Balaban J connectivity index is 0.00000320. The number of hydrogen-bond acceptors (Lipinski definition) is 5. The molecule has 0 saturated heterocycles. The van der Waals surface area contributed by atoms with Crippen LogP contribution in [0.1, 0.15) is 23.1 Å². The van der Waals surface area contributed by atoms with Crippen LogP contribution in [0.2, 0.25) is 0 Å². The third-order valence-electron chi connectivity index (χ3n) is 5.18. The summed E-state index contributed by atoms with van der Waals surface area (Å²) in [6.07, 6.45) is 1.60. The van der Waals surface area contributed by atoms with E-state index in [2.05, 4.69) is 9.62 Å². The molecule has 0 aliphatic carbocycles. The van der Waals surface area contributed by atoms with Gasteiger partial charge in [0.25, 0.3) is 0 Å². The second-order valence-corrected chi connectivity index (χ2v) is 8.93. The molecule has 0 saturated carbocycles. The van der Waals surface area contributed by atoms with Crippen LogP contribution < -0.4 is 14.2 Å². The standard InChI is InChI=1S/C21H27FN2O4S.ClH/c1-15-11-18(5-6-19(15)22)29(25,26)23-8-4-9-24-10-7-16-12-20(27-2)21(28-3)13-17(16)14-24;/h5-6,11-13,23H,4,7-10,14H2,1-3H3;1H. The largest absolute Gasteiger partial charge is 0.493 e. The van der Waals surface area contributed by atoms with Crippen molar-refractivity contribution >= 4 is 22.4 Å². The highest BCUT2D eigenvalue weighted by Gasteiger charge is 2.20. The van der Waals surface area contributed by atoms with Gasteiger partial charge in [0, 0.05) is 19.6 Å². The lowest BCUT2D eigenvalue weighted by Crippen LogP contribution is -2.33. The third-order valence-corrected chi connectivity index (χ3v) is 6.64. The Hall–Kier alpha value is -1.87. The minimum atomic E-state index is -3.63. The number of ether oxygens (including phenoxy) is 2. The van der Waals surface area contributed by atoms with Crippen molar-refractivity contribution < 1.29 is 22.3 Å². The van der Waals surface area contributed by atoms with Gasteiger partial charge in [0.15, 0.2) is 11.5 Å². The van der Waals surface area contributed by atoms with Gasteiger partial charge in [0.05, 0.1) is 19.1 Å². The summed E-state index contributed by atoms with van der Waals surface area (Å²) in [6.45, 7) is 4.35. The molecule has 30 heavy (non-hydrogen) atoms. The van der Waals surface area contributed by atoms with Crippen molar-refractivity contribution in [1.82, 2.24) is 9.62 Å². The van der Waals surface area contributed by atoms with Gasteiger partial charge in [0.1, 0.15) is 5.82 Å². The lowest BCUT2D eigenvalue weighted by atomic mass is 9.98. The molecule has 1 heterocycles. The highest BCUT2D eigenvalue weighted by Crippen LogP contribution is 2.33. The third kappa shape index (κ3) is 5.63. The van der Waals surface area contributed by atoms with Gasteiger partial charge in [0.2, 0.25) is 10.0 Å².